The molecule has 0 saturated heterocycles. The lowest BCUT2D eigenvalue weighted by Crippen LogP contribution is -2.33. The maximum atomic E-state index is 12.3. The Morgan fingerprint density at radius 3 is 2.20 bits per heavy atom. The van der Waals surface area contributed by atoms with Crippen LogP contribution in [0.15, 0.2) is 36.4 Å². The molecule has 6 nitrogen and oxygen atoms in total. The Morgan fingerprint density at radius 1 is 0.960 bits per heavy atom. The number of benzene rings is 2. The average molecular weight is 342 g/mol. The number of methoxy groups -OCH3 is 2. The first kappa shape index (κ1) is 18.3. The molecule has 2 N–H and O–H groups in total. The molecular weight excluding hydrogens is 320 g/mol. The Balaban J connectivity index is 1.99. The monoisotopic (exact) mass is 342 g/mol. The van der Waals surface area contributed by atoms with Crippen molar-refractivity contribution in [3.8, 4) is 11.5 Å². The van der Waals surface area contributed by atoms with Gasteiger partial charge in [-0.2, -0.15) is 0 Å². The van der Waals surface area contributed by atoms with Crippen molar-refractivity contribution < 1.29 is 19.1 Å². The molecule has 0 fully saturated rings. The van der Waals surface area contributed by atoms with Gasteiger partial charge in [-0.05, 0) is 43.2 Å². The molecule has 0 saturated carbocycles. The number of rotatable bonds is 6. The number of nitrogens with one attached hydrogen (secondary N) is 2. The van der Waals surface area contributed by atoms with Crippen LogP contribution in [0.2, 0.25) is 0 Å². The molecule has 0 aliphatic carbocycles. The van der Waals surface area contributed by atoms with Gasteiger partial charge in [-0.15, -0.1) is 0 Å². The van der Waals surface area contributed by atoms with Crippen LogP contribution in [0.3, 0.4) is 0 Å². The quantitative estimate of drug-likeness (QED) is 0.846. The molecule has 2 aromatic carbocycles. The van der Waals surface area contributed by atoms with Crippen molar-refractivity contribution >= 4 is 17.5 Å². The number of amides is 2. The third kappa shape index (κ3) is 4.97. The Morgan fingerprint density at radius 2 is 1.60 bits per heavy atom. The maximum Gasteiger partial charge on any atom is 0.251 e. The number of carbonyl (C=O) groups is 2. The fourth-order valence-electron chi connectivity index (χ4n) is 2.27. The van der Waals surface area contributed by atoms with Crippen molar-refractivity contribution in [1.29, 1.82) is 0 Å². The minimum absolute atomic E-state index is 0.133. The molecule has 0 spiro atoms. The summed E-state index contributed by atoms with van der Waals surface area (Å²) in [6.07, 6.45) is 0. The highest BCUT2D eigenvalue weighted by molar-refractivity contribution is 6.00. The van der Waals surface area contributed by atoms with E-state index in [9.17, 15) is 9.59 Å². The third-order valence-corrected chi connectivity index (χ3v) is 3.69. The van der Waals surface area contributed by atoms with Gasteiger partial charge in [-0.3, -0.25) is 9.59 Å². The molecular formula is C19H22N2O4. The molecule has 0 aliphatic heterocycles. The van der Waals surface area contributed by atoms with E-state index in [4.69, 9.17) is 9.47 Å². The van der Waals surface area contributed by atoms with Crippen LogP contribution >= 0.6 is 0 Å². The van der Waals surface area contributed by atoms with Gasteiger partial charge < -0.3 is 20.1 Å². The van der Waals surface area contributed by atoms with Crippen molar-refractivity contribution in [3.63, 3.8) is 0 Å². The number of anilines is 1. The molecule has 2 rings (SSSR count). The topological polar surface area (TPSA) is 76.7 Å². The molecule has 2 amide bonds. The number of aryl methyl sites for hydroxylation is 2. The van der Waals surface area contributed by atoms with Gasteiger partial charge in [0.2, 0.25) is 5.91 Å². The van der Waals surface area contributed by atoms with Crippen molar-refractivity contribution in [2.45, 2.75) is 13.8 Å². The van der Waals surface area contributed by atoms with Crippen LogP contribution in [-0.2, 0) is 4.79 Å². The molecule has 25 heavy (non-hydrogen) atoms. The summed E-state index contributed by atoms with van der Waals surface area (Å²) < 4.78 is 10.3. The summed E-state index contributed by atoms with van der Waals surface area (Å²) in [5.74, 6) is 0.332. The third-order valence-electron chi connectivity index (χ3n) is 3.69. The molecule has 0 radical (unpaired) electrons. The largest absolute Gasteiger partial charge is 0.497 e. The van der Waals surface area contributed by atoms with E-state index in [1.165, 1.54) is 14.2 Å². The first-order valence-corrected chi connectivity index (χ1v) is 7.81. The van der Waals surface area contributed by atoms with Gasteiger partial charge in [0, 0.05) is 17.3 Å². The predicted molar refractivity (Wildman–Crippen MR) is 96.4 cm³/mol. The van der Waals surface area contributed by atoms with E-state index in [2.05, 4.69) is 10.6 Å². The van der Waals surface area contributed by atoms with Crippen LogP contribution < -0.4 is 20.1 Å². The van der Waals surface area contributed by atoms with Crippen molar-refractivity contribution in [2.24, 2.45) is 0 Å². The van der Waals surface area contributed by atoms with E-state index in [-0.39, 0.29) is 18.4 Å². The van der Waals surface area contributed by atoms with E-state index in [0.29, 0.717) is 17.1 Å². The highest BCUT2D eigenvalue weighted by Gasteiger charge is 2.12. The zero-order valence-corrected chi connectivity index (χ0v) is 14.8. The van der Waals surface area contributed by atoms with Crippen LogP contribution in [0, 0.1) is 13.8 Å². The molecule has 0 atom stereocenters. The molecule has 132 valence electrons. The molecule has 6 heteroatoms. The van der Waals surface area contributed by atoms with Gasteiger partial charge in [0.1, 0.15) is 11.5 Å². The number of carbonyl (C=O) groups excluding carboxylic acids is 2. The second-order valence-corrected chi connectivity index (χ2v) is 5.65. The molecule has 2 aromatic rings. The summed E-state index contributed by atoms with van der Waals surface area (Å²) in [6.45, 7) is 3.73. The summed E-state index contributed by atoms with van der Waals surface area (Å²) in [5, 5.41) is 5.39. The normalized spacial score (nSPS) is 10.1. The number of ether oxygens (including phenoxy) is 2. The summed E-state index contributed by atoms with van der Waals surface area (Å²) in [4.78, 5) is 24.3. The van der Waals surface area contributed by atoms with E-state index in [0.717, 1.165) is 16.8 Å². The Hall–Kier alpha value is -3.02. The van der Waals surface area contributed by atoms with Crippen LogP contribution in [0.4, 0.5) is 5.69 Å². The van der Waals surface area contributed by atoms with Gasteiger partial charge >= 0.3 is 0 Å². The van der Waals surface area contributed by atoms with Gasteiger partial charge in [0.05, 0.1) is 20.8 Å². The number of hydrogen-bond donors (Lipinski definition) is 2. The fourth-order valence-corrected chi connectivity index (χ4v) is 2.27. The summed E-state index contributed by atoms with van der Waals surface area (Å²) in [5.41, 5.74) is 3.11. The van der Waals surface area contributed by atoms with Crippen molar-refractivity contribution in [1.82, 2.24) is 5.32 Å². The van der Waals surface area contributed by atoms with Gasteiger partial charge in [-0.25, -0.2) is 0 Å². The van der Waals surface area contributed by atoms with Crippen LogP contribution in [0.5, 0.6) is 11.5 Å². The van der Waals surface area contributed by atoms with Crippen LogP contribution in [-0.4, -0.2) is 32.6 Å². The Labute approximate surface area is 147 Å². The van der Waals surface area contributed by atoms with E-state index in [1.54, 1.807) is 18.2 Å². The number of hydrogen-bond acceptors (Lipinski definition) is 4. The highest BCUT2D eigenvalue weighted by Crippen LogP contribution is 2.22. The van der Waals surface area contributed by atoms with Crippen molar-refractivity contribution in [2.75, 3.05) is 26.1 Å². The van der Waals surface area contributed by atoms with Crippen LogP contribution in [0.1, 0.15) is 21.5 Å². The molecule has 0 bridgehead atoms. The summed E-state index contributed by atoms with van der Waals surface area (Å²) >= 11 is 0. The fraction of sp³-hybridized carbons (Fsp3) is 0.263. The summed E-state index contributed by atoms with van der Waals surface area (Å²) in [7, 11) is 3.02. The van der Waals surface area contributed by atoms with Gasteiger partial charge in [0.25, 0.3) is 5.91 Å². The standard InChI is InChI=1S/C19H22N2O4/c1-12-5-6-13(2)17(7-12)21-18(22)11-20-19(23)14-8-15(24-3)10-16(9-14)25-4/h5-10H,11H2,1-4H3,(H,20,23)(H,21,22). The minimum atomic E-state index is -0.381. The molecule has 0 aromatic heterocycles. The second-order valence-electron chi connectivity index (χ2n) is 5.65. The van der Waals surface area contributed by atoms with E-state index in [1.807, 2.05) is 32.0 Å². The molecule has 0 heterocycles. The Bertz CT molecular complexity index is 765. The summed E-state index contributed by atoms with van der Waals surface area (Å²) in [6, 6.07) is 10.6. The first-order valence-electron chi connectivity index (χ1n) is 7.81. The first-order chi connectivity index (χ1) is 11.9. The van der Waals surface area contributed by atoms with E-state index < -0.39 is 0 Å². The smallest absolute Gasteiger partial charge is 0.251 e. The lowest BCUT2D eigenvalue weighted by atomic mass is 10.1. The minimum Gasteiger partial charge on any atom is -0.497 e. The molecule has 0 unspecified atom stereocenters. The average Bonchev–Trinajstić information content (AvgIpc) is 2.62. The predicted octanol–water partition coefficient (Wildman–Crippen LogP) is 2.69. The Kier molecular flexibility index (Phi) is 6.00. The SMILES string of the molecule is COc1cc(OC)cc(C(=O)NCC(=O)Nc2cc(C)ccc2C)c1. The lowest BCUT2D eigenvalue weighted by Gasteiger charge is -2.11. The zero-order valence-electron chi connectivity index (χ0n) is 14.8. The second kappa shape index (κ2) is 8.19. The van der Waals surface area contributed by atoms with Gasteiger partial charge in [-0.1, -0.05) is 12.1 Å². The van der Waals surface area contributed by atoms with Gasteiger partial charge in [0.15, 0.2) is 0 Å². The highest BCUT2D eigenvalue weighted by atomic mass is 16.5. The zero-order chi connectivity index (χ0) is 18.4. The van der Waals surface area contributed by atoms with Crippen LogP contribution in [0.25, 0.3) is 0 Å². The lowest BCUT2D eigenvalue weighted by molar-refractivity contribution is -0.115. The maximum absolute atomic E-state index is 12.3. The van der Waals surface area contributed by atoms with Crippen molar-refractivity contribution in [3.05, 3.63) is 53.1 Å². The van der Waals surface area contributed by atoms with E-state index >= 15 is 0 Å². The molecule has 0 aliphatic rings.